The standard InChI is InChI=1S/C20H22N2O3S2/c1-14-7-9-17(10-8-14)22-15(2)12-18(16(22)3)19(23)13-21(4)27(24,25)20-6-5-11-26-20/h5-12H,13H2,1-4H3. The molecular weight excluding hydrogens is 380 g/mol. The van der Waals surface area contributed by atoms with Gasteiger partial charge in [-0.15, -0.1) is 11.3 Å². The third kappa shape index (κ3) is 3.76. The second-order valence-electron chi connectivity index (χ2n) is 6.57. The molecule has 5 nitrogen and oxygen atoms in total. The Balaban J connectivity index is 1.88. The second kappa shape index (κ2) is 7.42. The topological polar surface area (TPSA) is 59.4 Å². The molecule has 142 valence electrons. The molecule has 0 N–H and O–H groups in total. The Labute approximate surface area is 163 Å². The molecule has 2 heterocycles. The molecule has 0 aliphatic heterocycles. The summed E-state index contributed by atoms with van der Waals surface area (Å²) in [6.45, 7) is 5.65. The average Bonchev–Trinajstić information content (AvgIpc) is 3.25. The number of aromatic nitrogens is 1. The number of likely N-dealkylation sites (N-methyl/N-ethyl adjacent to an activating group) is 1. The van der Waals surface area contributed by atoms with E-state index in [0.29, 0.717) is 5.56 Å². The number of thiophene rings is 1. The number of hydrogen-bond donors (Lipinski definition) is 0. The van der Waals surface area contributed by atoms with E-state index in [2.05, 4.69) is 0 Å². The summed E-state index contributed by atoms with van der Waals surface area (Å²) >= 11 is 1.14. The fraction of sp³-hybridized carbons (Fsp3) is 0.250. The van der Waals surface area contributed by atoms with Crippen LogP contribution in [0, 0.1) is 20.8 Å². The lowest BCUT2D eigenvalue weighted by molar-refractivity contribution is 0.0972. The van der Waals surface area contributed by atoms with Gasteiger partial charge in [0.05, 0.1) is 6.54 Å². The van der Waals surface area contributed by atoms with Gasteiger partial charge < -0.3 is 4.57 Å². The molecule has 27 heavy (non-hydrogen) atoms. The summed E-state index contributed by atoms with van der Waals surface area (Å²) in [5.41, 5.74) is 4.43. The maximum absolute atomic E-state index is 12.8. The van der Waals surface area contributed by atoms with Crippen molar-refractivity contribution >= 4 is 27.1 Å². The van der Waals surface area contributed by atoms with E-state index in [1.807, 2.05) is 55.7 Å². The second-order valence-corrected chi connectivity index (χ2v) is 9.79. The SMILES string of the molecule is Cc1ccc(-n2c(C)cc(C(=O)CN(C)S(=O)(=O)c3cccs3)c2C)cc1. The highest BCUT2D eigenvalue weighted by Gasteiger charge is 2.26. The summed E-state index contributed by atoms with van der Waals surface area (Å²) in [4.78, 5) is 12.8. The Bertz CT molecular complexity index is 1060. The van der Waals surface area contributed by atoms with Gasteiger partial charge in [0, 0.05) is 29.7 Å². The van der Waals surface area contributed by atoms with Crippen LogP contribution in [0.5, 0.6) is 0 Å². The molecule has 3 aromatic rings. The van der Waals surface area contributed by atoms with Crippen molar-refractivity contribution in [3.63, 3.8) is 0 Å². The van der Waals surface area contributed by atoms with Crippen molar-refractivity contribution in [2.24, 2.45) is 0 Å². The largest absolute Gasteiger partial charge is 0.318 e. The lowest BCUT2D eigenvalue weighted by atomic mass is 10.1. The van der Waals surface area contributed by atoms with Crippen LogP contribution in [0.4, 0.5) is 0 Å². The number of rotatable bonds is 6. The third-order valence-corrected chi connectivity index (χ3v) is 7.73. The van der Waals surface area contributed by atoms with Crippen LogP contribution in [0.15, 0.2) is 52.1 Å². The first kappa shape index (κ1) is 19.5. The maximum Gasteiger partial charge on any atom is 0.252 e. The van der Waals surface area contributed by atoms with Crippen LogP contribution < -0.4 is 0 Å². The smallest absolute Gasteiger partial charge is 0.252 e. The van der Waals surface area contributed by atoms with E-state index in [1.165, 1.54) is 7.05 Å². The fourth-order valence-electron chi connectivity index (χ4n) is 3.07. The number of Topliss-reactive ketones (excluding diaryl/α,β-unsaturated/α-hetero) is 1. The normalized spacial score (nSPS) is 11.9. The van der Waals surface area contributed by atoms with Crippen LogP contribution in [0.3, 0.4) is 0 Å². The van der Waals surface area contributed by atoms with E-state index in [0.717, 1.165) is 38.3 Å². The number of sulfonamides is 1. The van der Waals surface area contributed by atoms with Crippen LogP contribution in [-0.4, -0.2) is 36.7 Å². The van der Waals surface area contributed by atoms with E-state index < -0.39 is 10.0 Å². The molecule has 0 aliphatic rings. The highest BCUT2D eigenvalue weighted by molar-refractivity contribution is 7.91. The van der Waals surface area contributed by atoms with Gasteiger partial charge in [-0.1, -0.05) is 23.8 Å². The molecule has 0 radical (unpaired) electrons. The Kier molecular flexibility index (Phi) is 5.37. The minimum absolute atomic E-state index is 0.196. The van der Waals surface area contributed by atoms with Crippen molar-refractivity contribution in [3.8, 4) is 5.69 Å². The number of carbonyl (C=O) groups excluding carboxylic acids is 1. The van der Waals surface area contributed by atoms with Gasteiger partial charge in [-0.3, -0.25) is 4.79 Å². The van der Waals surface area contributed by atoms with Crippen molar-refractivity contribution in [1.29, 1.82) is 0 Å². The van der Waals surface area contributed by atoms with Gasteiger partial charge in [-0.05, 0) is 50.4 Å². The minimum atomic E-state index is -3.65. The van der Waals surface area contributed by atoms with E-state index in [1.54, 1.807) is 17.5 Å². The maximum atomic E-state index is 12.8. The molecule has 0 unspecified atom stereocenters. The summed E-state index contributed by atoms with van der Waals surface area (Å²) in [5, 5.41) is 1.71. The Hall–Kier alpha value is -2.22. The zero-order chi connectivity index (χ0) is 19.8. The fourth-order valence-corrected chi connectivity index (χ4v) is 5.40. The zero-order valence-corrected chi connectivity index (χ0v) is 17.4. The first-order valence-corrected chi connectivity index (χ1v) is 10.8. The van der Waals surface area contributed by atoms with Crippen LogP contribution in [0.25, 0.3) is 5.69 Å². The summed E-state index contributed by atoms with van der Waals surface area (Å²) in [6.07, 6.45) is 0. The zero-order valence-electron chi connectivity index (χ0n) is 15.8. The average molecular weight is 403 g/mol. The van der Waals surface area contributed by atoms with Crippen molar-refractivity contribution in [2.45, 2.75) is 25.0 Å². The van der Waals surface area contributed by atoms with Gasteiger partial charge in [0.15, 0.2) is 5.78 Å². The van der Waals surface area contributed by atoms with Gasteiger partial charge >= 0.3 is 0 Å². The summed E-state index contributed by atoms with van der Waals surface area (Å²) < 4.78 is 28.5. The number of ketones is 1. The predicted octanol–water partition coefficient (Wildman–Crippen LogP) is 3.97. The molecule has 0 amide bonds. The van der Waals surface area contributed by atoms with Gasteiger partial charge in [-0.25, -0.2) is 8.42 Å². The van der Waals surface area contributed by atoms with Crippen molar-refractivity contribution in [3.05, 3.63) is 70.4 Å². The molecule has 0 saturated carbocycles. The number of carbonyl (C=O) groups is 1. The molecule has 0 aliphatic carbocycles. The van der Waals surface area contributed by atoms with Crippen LogP contribution in [-0.2, 0) is 10.0 Å². The molecule has 0 spiro atoms. The van der Waals surface area contributed by atoms with E-state index >= 15 is 0 Å². The Morgan fingerprint density at radius 1 is 1.11 bits per heavy atom. The number of benzene rings is 1. The molecule has 0 fully saturated rings. The van der Waals surface area contributed by atoms with E-state index in [4.69, 9.17) is 0 Å². The summed E-state index contributed by atoms with van der Waals surface area (Å²) in [6, 6.07) is 13.1. The molecule has 0 atom stereocenters. The summed E-state index contributed by atoms with van der Waals surface area (Å²) in [5.74, 6) is -0.218. The Morgan fingerprint density at radius 2 is 1.78 bits per heavy atom. The molecule has 0 bridgehead atoms. The van der Waals surface area contributed by atoms with Crippen molar-refractivity contribution in [2.75, 3.05) is 13.6 Å². The quantitative estimate of drug-likeness (QED) is 0.586. The molecule has 0 saturated heterocycles. The minimum Gasteiger partial charge on any atom is -0.318 e. The molecule has 2 aromatic heterocycles. The number of hydrogen-bond acceptors (Lipinski definition) is 4. The Morgan fingerprint density at radius 3 is 2.37 bits per heavy atom. The highest BCUT2D eigenvalue weighted by Crippen LogP contribution is 2.23. The van der Waals surface area contributed by atoms with Gasteiger partial charge in [0.2, 0.25) is 0 Å². The highest BCUT2D eigenvalue weighted by atomic mass is 32.2. The van der Waals surface area contributed by atoms with E-state index in [-0.39, 0.29) is 16.5 Å². The number of nitrogens with zero attached hydrogens (tertiary/aromatic N) is 2. The molecule has 3 rings (SSSR count). The molecular formula is C20H22N2O3S2. The predicted molar refractivity (Wildman–Crippen MR) is 108 cm³/mol. The summed E-state index contributed by atoms with van der Waals surface area (Å²) in [7, 11) is -2.21. The first-order chi connectivity index (χ1) is 12.7. The number of aryl methyl sites for hydroxylation is 2. The first-order valence-electron chi connectivity index (χ1n) is 8.51. The molecule has 1 aromatic carbocycles. The lowest BCUT2D eigenvalue weighted by Gasteiger charge is -2.15. The third-order valence-electron chi connectivity index (χ3n) is 4.55. The molecule has 7 heteroatoms. The van der Waals surface area contributed by atoms with Crippen LogP contribution in [0.1, 0.15) is 27.3 Å². The van der Waals surface area contributed by atoms with Gasteiger partial charge in [-0.2, -0.15) is 4.31 Å². The van der Waals surface area contributed by atoms with Gasteiger partial charge in [0.1, 0.15) is 4.21 Å². The van der Waals surface area contributed by atoms with Crippen molar-refractivity contribution in [1.82, 2.24) is 8.87 Å². The monoisotopic (exact) mass is 402 g/mol. The van der Waals surface area contributed by atoms with Crippen LogP contribution in [0.2, 0.25) is 0 Å². The van der Waals surface area contributed by atoms with Crippen LogP contribution >= 0.6 is 11.3 Å². The van der Waals surface area contributed by atoms with Crippen molar-refractivity contribution < 1.29 is 13.2 Å². The lowest BCUT2D eigenvalue weighted by Crippen LogP contribution is -2.32. The van der Waals surface area contributed by atoms with Gasteiger partial charge in [0.25, 0.3) is 10.0 Å². The van der Waals surface area contributed by atoms with E-state index in [9.17, 15) is 13.2 Å².